The summed E-state index contributed by atoms with van der Waals surface area (Å²) in [5.74, 6) is -0.735. The fourth-order valence-electron chi connectivity index (χ4n) is 4.15. The minimum absolute atomic E-state index is 0.0518. The zero-order chi connectivity index (χ0) is 23.8. The number of hydrogen-bond donors (Lipinski definition) is 0. The maximum Gasteiger partial charge on any atom is 0.268 e. The number of aryl methyl sites for hydroxylation is 1. The number of anilines is 1. The number of carbonyl (C=O) groups excluding carboxylic acids is 2. The average molecular weight is 480 g/mol. The predicted molar refractivity (Wildman–Crippen MR) is 130 cm³/mol. The van der Waals surface area contributed by atoms with E-state index in [4.69, 9.17) is 11.6 Å². The molecule has 0 spiro atoms. The Labute approximate surface area is 198 Å². The summed E-state index contributed by atoms with van der Waals surface area (Å²) in [6, 6.07) is 20.3. The van der Waals surface area contributed by atoms with Gasteiger partial charge in [-0.3, -0.25) is 9.59 Å². The van der Waals surface area contributed by atoms with Crippen LogP contribution >= 0.6 is 11.6 Å². The molecular formula is C26H22ClNO4S. The monoisotopic (exact) mass is 479 g/mol. The van der Waals surface area contributed by atoms with Gasteiger partial charge in [0, 0.05) is 22.9 Å². The Balaban J connectivity index is 2.09. The van der Waals surface area contributed by atoms with E-state index in [1.165, 1.54) is 11.2 Å². The summed E-state index contributed by atoms with van der Waals surface area (Å²) in [4.78, 5) is 24.7. The molecule has 0 unspecified atom stereocenters. The van der Waals surface area contributed by atoms with Crippen LogP contribution in [0.5, 0.6) is 0 Å². The van der Waals surface area contributed by atoms with Crippen LogP contribution in [0.3, 0.4) is 0 Å². The third-order valence-electron chi connectivity index (χ3n) is 5.66. The molecule has 0 saturated heterocycles. The molecule has 0 N–H and O–H groups in total. The summed E-state index contributed by atoms with van der Waals surface area (Å²) in [6.45, 7) is 3.32. The first-order valence-corrected chi connectivity index (χ1v) is 12.2. The van der Waals surface area contributed by atoms with Gasteiger partial charge in [-0.25, -0.2) is 12.7 Å². The number of nitrogens with zero attached hydrogens (tertiary/aromatic N) is 1. The van der Waals surface area contributed by atoms with Crippen LogP contribution in [0.4, 0.5) is 5.69 Å². The first kappa shape index (κ1) is 23.0. The molecule has 0 saturated carbocycles. The molecule has 0 radical (unpaired) electrons. The van der Waals surface area contributed by atoms with E-state index in [1.807, 2.05) is 13.0 Å². The third kappa shape index (κ3) is 4.24. The number of rotatable bonds is 6. The molecule has 1 aliphatic rings. The van der Waals surface area contributed by atoms with Gasteiger partial charge in [0.15, 0.2) is 0 Å². The van der Waals surface area contributed by atoms with Crippen molar-refractivity contribution in [3.63, 3.8) is 0 Å². The lowest BCUT2D eigenvalue weighted by atomic mass is 9.81. The van der Waals surface area contributed by atoms with E-state index in [2.05, 4.69) is 0 Å². The van der Waals surface area contributed by atoms with Gasteiger partial charge in [0.2, 0.25) is 0 Å². The van der Waals surface area contributed by atoms with E-state index in [0.29, 0.717) is 28.1 Å². The topological polar surface area (TPSA) is 71.5 Å². The number of halogens is 1. The highest BCUT2D eigenvalue weighted by molar-refractivity contribution is 7.93. The SMILES string of the molecule is CC(=O)C[C@H]1C(C=O)=C(c2ccccc2)N(S(=O)(=O)c2ccc(C)cc2)c2ccc(Cl)cc21. The maximum atomic E-state index is 14.0. The molecule has 0 aliphatic carbocycles. The van der Waals surface area contributed by atoms with Gasteiger partial charge in [0.1, 0.15) is 12.1 Å². The Kier molecular flexibility index (Phi) is 6.23. The first-order valence-electron chi connectivity index (χ1n) is 10.4. The predicted octanol–water partition coefficient (Wildman–Crippen LogP) is 5.53. The molecule has 3 aromatic carbocycles. The van der Waals surface area contributed by atoms with Gasteiger partial charge < -0.3 is 0 Å². The van der Waals surface area contributed by atoms with Gasteiger partial charge in [-0.15, -0.1) is 0 Å². The third-order valence-corrected chi connectivity index (χ3v) is 7.62. The Bertz CT molecular complexity index is 1360. The van der Waals surface area contributed by atoms with Gasteiger partial charge in [-0.05, 0) is 55.3 Å². The molecule has 3 aromatic rings. The quantitative estimate of drug-likeness (QED) is 0.436. The molecule has 0 amide bonds. The minimum atomic E-state index is -4.11. The van der Waals surface area contributed by atoms with Crippen LogP contribution in [0, 0.1) is 6.92 Å². The van der Waals surface area contributed by atoms with Crippen LogP contribution in [0.15, 0.2) is 83.3 Å². The fraction of sp³-hybridized carbons (Fsp3) is 0.154. The molecule has 168 valence electrons. The Morgan fingerprint density at radius 3 is 2.30 bits per heavy atom. The summed E-state index contributed by atoms with van der Waals surface area (Å²) >= 11 is 6.26. The van der Waals surface area contributed by atoms with Crippen LogP contribution in [0.25, 0.3) is 5.70 Å². The highest BCUT2D eigenvalue weighted by Gasteiger charge is 2.40. The molecular weight excluding hydrogens is 458 g/mol. The second-order valence-electron chi connectivity index (χ2n) is 8.03. The van der Waals surface area contributed by atoms with Crippen molar-refractivity contribution >= 4 is 45.1 Å². The molecule has 0 aromatic heterocycles. The van der Waals surface area contributed by atoms with Crippen molar-refractivity contribution in [3.8, 4) is 0 Å². The second kappa shape index (κ2) is 8.96. The van der Waals surface area contributed by atoms with E-state index >= 15 is 0 Å². The van der Waals surface area contributed by atoms with Crippen molar-refractivity contribution in [3.05, 3.63) is 100 Å². The van der Waals surface area contributed by atoms with Gasteiger partial charge in [-0.2, -0.15) is 0 Å². The number of fused-ring (bicyclic) bond motifs is 1. The largest absolute Gasteiger partial charge is 0.300 e. The van der Waals surface area contributed by atoms with Crippen molar-refractivity contribution in [1.29, 1.82) is 0 Å². The van der Waals surface area contributed by atoms with Gasteiger partial charge >= 0.3 is 0 Å². The Hall–Kier alpha value is -3.22. The molecule has 0 bridgehead atoms. The number of aldehydes is 1. The summed E-state index contributed by atoms with van der Waals surface area (Å²) in [6.07, 6.45) is 0.702. The Morgan fingerprint density at radius 1 is 1.03 bits per heavy atom. The number of sulfonamides is 1. The highest BCUT2D eigenvalue weighted by atomic mass is 35.5. The highest BCUT2D eigenvalue weighted by Crippen LogP contribution is 2.48. The molecule has 1 aliphatic heterocycles. The zero-order valence-electron chi connectivity index (χ0n) is 18.2. The molecule has 1 atom stereocenters. The fourth-order valence-corrected chi connectivity index (χ4v) is 5.90. The number of hydrogen-bond acceptors (Lipinski definition) is 4. The normalized spacial score (nSPS) is 15.8. The summed E-state index contributed by atoms with van der Waals surface area (Å²) < 4.78 is 29.2. The smallest absolute Gasteiger partial charge is 0.268 e. The average Bonchev–Trinajstić information content (AvgIpc) is 2.79. The van der Waals surface area contributed by atoms with Crippen LogP contribution < -0.4 is 4.31 Å². The van der Waals surface area contributed by atoms with Crippen molar-refractivity contribution in [2.24, 2.45) is 0 Å². The molecule has 4 rings (SSSR count). The minimum Gasteiger partial charge on any atom is -0.300 e. The van der Waals surface area contributed by atoms with Gasteiger partial charge in [0.05, 0.1) is 16.3 Å². The summed E-state index contributed by atoms with van der Waals surface area (Å²) in [5.41, 5.74) is 2.85. The lowest BCUT2D eigenvalue weighted by Gasteiger charge is -2.37. The van der Waals surface area contributed by atoms with E-state index in [9.17, 15) is 18.0 Å². The number of allylic oxidation sites excluding steroid dienone is 1. The maximum absolute atomic E-state index is 14.0. The van der Waals surface area contributed by atoms with Crippen molar-refractivity contribution in [2.75, 3.05) is 4.31 Å². The van der Waals surface area contributed by atoms with Crippen LogP contribution in [0.2, 0.25) is 5.02 Å². The lowest BCUT2D eigenvalue weighted by molar-refractivity contribution is -0.117. The van der Waals surface area contributed by atoms with Crippen LogP contribution in [0.1, 0.15) is 36.0 Å². The van der Waals surface area contributed by atoms with Crippen molar-refractivity contribution in [2.45, 2.75) is 31.1 Å². The molecule has 33 heavy (non-hydrogen) atoms. The van der Waals surface area contributed by atoms with Crippen molar-refractivity contribution in [1.82, 2.24) is 0 Å². The Morgan fingerprint density at radius 2 is 1.70 bits per heavy atom. The number of carbonyl (C=O) groups is 2. The summed E-state index contributed by atoms with van der Waals surface area (Å²) in [5, 5.41) is 0.392. The van der Waals surface area contributed by atoms with Crippen molar-refractivity contribution < 1.29 is 18.0 Å². The van der Waals surface area contributed by atoms with E-state index in [0.717, 1.165) is 5.56 Å². The van der Waals surface area contributed by atoms with Gasteiger partial charge in [0.25, 0.3) is 10.0 Å². The first-order chi connectivity index (χ1) is 15.7. The summed E-state index contributed by atoms with van der Waals surface area (Å²) in [7, 11) is -4.11. The van der Waals surface area contributed by atoms with E-state index < -0.39 is 15.9 Å². The van der Waals surface area contributed by atoms with Gasteiger partial charge in [-0.1, -0.05) is 59.6 Å². The standard InChI is InChI=1S/C26H22ClNO4S/c1-17-8-11-21(12-9-17)33(31,32)28-25-13-10-20(27)15-23(25)22(14-18(2)30)24(16-29)26(28)19-6-4-3-5-7-19/h3-13,15-16,22H,14H2,1-2H3/t22-/m1/s1. The number of ketones is 1. The van der Waals surface area contributed by atoms with E-state index in [1.54, 1.807) is 66.7 Å². The van der Waals surface area contributed by atoms with Crippen LogP contribution in [-0.4, -0.2) is 20.5 Å². The number of benzene rings is 3. The lowest BCUT2D eigenvalue weighted by Crippen LogP contribution is -2.35. The zero-order valence-corrected chi connectivity index (χ0v) is 19.7. The number of Topliss-reactive ketones (excluding diaryl/α,β-unsaturated/α-hetero) is 1. The van der Waals surface area contributed by atoms with Crippen LogP contribution in [-0.2, 0) is 19.6 Å². The molecule has 5 nitrogen and oxygen atoms in total. The second-order valence-corrected chi connectivity index (χ2v) is 10.3. The molecule has 7 heteroatoms. The van der Waals surface area contributed by atoms with E-state index in [-0.39, 0.29) is 28.4 Å². The molecule has 1 heterocycles. The molecule has 0 fully saturated rings.